The summed E-state index contributed by atoms with van der Waals surface area (Å²) < 4.78 is 12.7. The van der Waals surface area contributed by atoms with Crippen LogP contribution in [0, 0.1) is 11.2 Å². The molecule has 0 unspecified atom stereocenters. The van der Waals surface area contributed by atoms with Gasteiger partial charge in [-0.15, -0.1) is 0 Å². The molecule has 1 aromatic rings. The molecular weight excluding hydrogens is 165 g/mol. The van der Waals surface area contributed by atoms with E-state index in [0.717, 1.165) is 18.4 Å². The maximum absolute atomic E-state index is 12.7. The number of aryl methyl sites for hydroxylation is 1. The first-order chi connectivity index (χ1) is 5.97. The van der Waals surface area contributed by atoms with Crippen LogP contribution in [0.2, 0.25) is 0 Å². The molecule has 0 aliphatic rings. The molecule has 0 radical (unpaired) electrons. The van der Waals surface area contributed by atoms with Crippen molar-refractivity contribution in [3.63, 3.8) is 0 Å². The Labute approximate surface area is 79.0 Å². The standard InChI is InChI=1S/C11H16FN/c1-11(2,3)5-4-9-6-10(12)8-13-7-9/h6-8H,4-5H2,1-3H3. The van der Waals surface area contributed by atoms with Crippen LogP contribution in [0.5, 0.6) is 0 Å². The molecule has 72 valence electrons. The van der Waals surface area contributed by atoms with Gasteiger partial charge in [-0.25, -0.2) is 4.39 Å². The summed E-state index contributed by atoms with van der Waals surface area (Å²) in [4.78, 5) is 3.81. The highest BCUT2D eigenvalue weighted by Gasteiger charge is 2.10. The predicted octanol–water partition coefficient (Wildman–Crippen LogP) is 3.20. The van der Waals surface area contributed by atoms with Crippen molar-refractivity contribution < 1.29 is 4.39 Å². The summed E-state index contributed by atoms with van der Waals surface area (Å²) >= 11 is 0. The summed E-state index contributed by atoms with van der Waals surface area (Å²) in [5, 5.41) is 0. The van der Waals surface area contributed by atoms with Gasteiger partial charge in [-0.3, -0.25) is 4.98 Å². The molecule has 1 nitrogen and oxygen atoms in total. The average molecular weight is 181 g/mol. The van der Waals surface area contributed by atoms with Gasteiger partial charge in [-0.2, -0.15) is 0 Å². The molecule has 0 N–H and O–H groups in total. The molecule has 0 fully saturated rings. The lowest BCUT2D eigenvalue weighted by atomic mass is 9.89. The van der Waals surface area contributed by atoms with Crippen molar-refractivity contribution in [2.75, 3.05) is 0 Å². The van der Waals surface area contributed by atoms with E-state index >= 15 is 0 Å². The third-order valence-corrected chi connectivity index (χ3v) is 1.93. The van der Waals surface area contributed by atoms with Gasteiger partial charge in [-0.05, 0) is 29.9 Å². The van der Waals surface area contributed by atoms with Crippen LogP contribution >= 0.6 is 0 Å². The molecule has 1 aromatic heterocycles. The van der Waals surface area contributed by atoms with E-state index in [-0.39, 0.29) is 5.82 Å². The molecule has 0 bridgehead atoms. The molecule has 0 saturated heterocycles. The monoisotopic (exact) mass is 181 g/mol. The molecule has 1 rings (SSSR count). The molecule has 0 aliphatic carbocycles. The van der Waals surface area contributed by atoms with Crippen LogP contribution in [0.15, 0.2) is 18.5 Å². The van der Waals surface area contributed by atoms with Crippen LogP contribution in [0.25, 0.3) is 0 Å². The van der Waals surface area contributed by atoms with E-state index in [0.29, 0.717) is 5.41 Å². The second-order valence-electron chi connectivity index (χ2n) is 4.57. The van der Waals surface area contributed by atoms with Gasteiger partial charge in [0.1, 0.15) is 5.82 Å². The Morgan fingerprint density at radius 2 is 2.00 bits per heavy atom. The minimum Gasteiger partial charge on any atom is -0.261 e. The minimum atomic E-state index is -0.244. The Hall–Kier alpha value is -0.920. The zero-order valence-electron chi connectivity index (χ0n) is 8.47. The summed E-state index contributed by atoms with van der Waals surface area (Å²) in [6.45, 7) is 6.54. The van der Waals surface area contributed by atoms with Crippen molar-refractivity contribution in [3.8, 4) is 0 Å². The van der Waals surface area contributed by atoms with E-state index in [4.69, 9.17) is 0 Å². The van der Waals surface area contributed by atoms with E-state index in [1.807, 2.05) is 0 Å². The lowest BCUT2D eigenvalue weighted by Gasteiger charge is -2.17. The fourth-order valence-electron chi connectivity index (χ4n) is 1.11. The number of aromatic nitrogens is 1. The van der Waals surface area contributed by atoms with Crippen LogP contribution < -0.4 is 0 Å². The summed E-state index contributed by atoms with van der Waals surface area (Å²) in [5.41, 5.74) is 1.28. The van der Waals surface area contributed by atoms with Gasteiger partial charge in [-0.1, -0.05) is 20.8 Å². The first kappa shape index (κ1) is 10.2. The highest BCUT2D eigenvalue weighted by molar-refractivity contribution is 5.10. The van der Waals surface area contributed by atoms with E-state index < -0.39 is 0 Å². The van der Waals surface area contributed by atoms with Crippen LogP contribution in [0.4, 0.5) is 4.39 Å². The predicted molar refractivity (Wildman–Crippen MR) is 52.0 cm³/mol. The van der Waals surface area contributed by atoms with Crippen LogP contribution in [-0.4, -0.2) is 4.98 Å². The van der Waals surface area contributed by atoms with Gasteiger partial charge >= 0.3 is 0 Å². The molecule has 0 saturated carbocycles. The molecule has 0 atom stereocenters. The summed E-state index contributed by atoms with van der Waals surface area (Å²) in [5.74, 6) is -0.244. The van der Waals surface area contributed by atoms with E-state index in [9.17, 15) is 4.39 Å². The van der Waals surface area contributed by atoms with Gasteiger partial charge in [0.15, 0.2) is 0 Å². The topological polar surface area (TPSA) is 12.9 Å². The number of rotatable bonds is 2. The molecule has 13 heavy (non-hydrogen) atoms. The quantitative estimate of drug-likeness (QED) is 0.682. The maximum atomic E-state index is 12.7. The smallest absolute Gasteiger partial charge is 0.141 e. The van der Waals surface area contributed by atoms with E-state index in [1.165, 1.54) is 6.20 Å². The van der Waals surface area contributed by atoms with Crippen molar-refractivity contribution >= 4 is 0 Å². The molecule has 0 spiro atoms. The fraction of sp³-hybridized carbons (Fsp3) is 0.545. The number of hydrogen-bond donors (Lipinski definition) is 0. The molecule has 1 heterocycles. The zero-order valence-corrected chi connectivity index (χ0v) is 8.47. The summed E-state index contributed by atoms with van der Waals surface area (Å²) in [7, 11) is 0. The van der Waals surface area contributed by atoms with Crippen molar-refractivity contribution in [2.24, 2.45) is 5.41 Å². The Balaban J connectivity index is 2.55. The maximum Gasteiger partial charge on any atom is 0.141 e. The Kier molecular flexibility index (Phi) is 3.02. The molecule has 0 aliphatic heterocycles. The second-order valence-corrected chi connectivity index (χ2v) is 4.57. The Bertz CT molecular complexity index is 276. The Morgan fingerprint density at radius 1 is 1.31 bits per heavy atom. The van der Waals surface area contributed by atoms with Gasteiger partial charge in [0, 0.05) is 6.20 Å². The van der Waals surface area contributed by atoms with Gasteiger partial charge in [0.05, 0.1) is 6.20 Å². The third kappa shape index (κ3) is 4.02. The number of nitrogens with zero attached hydrogens (tertiary/aromatic N) is 1. The normalized spacial score (nSPS) is 11.7. The SMILES string of the molecule is CC(C)(C)CCc1cncc(F)c1. The molecule has 0 amide bonds. The van der Waals surface area contributed by atoms with Crippen molar-refractivity contribution in [2.45, 2.75) is 33.6 Å². The van der Waals surface area contributed by atoms with Gasteiger partial charge in [0.25, 0.3) is 0 Å². The molecule has 0 aromatic carbocycles. The zero-order chi connectivity index (χ0) is 9.90. The van der Waals surface area contributed by atoms with Crippen molar-refractivity contribution in [1.82, 2.24) is 4.98 Å². The minimum absolute atomic E-state index is 0.244. The first-order valence-electron chi connectivity index (χ1n) is 4.57. The third-order valence-electron chi connectivity index (χ3n) is 1.93. The number of pyridine rings is 1. The molecule has 2 heteroatoms. The highest BCUT2D eigenvalue weighted by Crippen LogP contribution is 2.21. The van der Waals surface area contributed by atoms with Crippen LogP contribution in [-0.2, 0) is 6.42 Å². The van der Waals surface area contributed by atoms with Crippen molar-refractivity contribution in [1.29, 1.82) is 0 Å². The average Bonchev–Trinajstić information content (AvgIpc) is 2.00. The van der Waals surface area contributed by atoms with Crippen molar-refractivity contribution in [3.05, 3.63) is 29.8 Å². The second kappa shape index (κ2) is 3.86. The van der Waals surface area contributed by atoms with Crippen LogP contribution in [0.3, 0.4) is 0 Å². The highest BCUT2D eigenvalue weighted by atomic mass is 19.1. The largest absolute Gasteiger partial charge is 0.261 e. The summed E-state index contributed by atoms with van der Waals surface area (Å²) in [6, 6.07) is 1.55. The Morgan fingerprint density at radius 3 is 2.54 bits per heavy atom. The number of hydrogen-bond acceptors (Lipinski definition) is 1. The van der Waals surface area contributed by atoms with E-state index in [1.54, 1.807) is 12.3 Å². The lowest BCUT2D eigenvalue weighted by Crippen LogP contribution is -2.06. The number of halogens is 1. The molecular formula is C11H16FN. The fourth-order valence-corrected chi connectivity index (χ4v) is 1.11. The van der Waals surface area contributed by atoms with E-state index in [2.05, 4.69) is 25.8 Å². The lowest BCUT2D eigenvalue weighted by molar-refractivity contribution is 0.377. The van der Waals surface area contributed by atoms with Crippen LogP contribution in [0.1, 0.15) is 32.8 Å². The first-order valence-corrected chi connectivity index (χ1v) is 4.57. The summed E-state index contributed by atoms with van der Waals surface area (Å²) in [6.07, 6.45) is 4.92. The van der Waals surface area contributed by atoms with Gasteiger partial charge in [0.2, 0.25) is 0 Å². The van der Waals surface area contributed by atoms with Gasteiger partial charge < -0.3 is 0 Å².